The highest BCUT2D eigenvalue weighted by Crippen LogP contribution is 2.18. The molecule has 0 aromatic carbocycles. The second-order valence-electron chi connectivity index (χ2n) is 4.87. The summed E-state index contributed by atoms with van der Waals surface area (Å²) in [6.45, 7) is 0.717. The molecule has 1 N–H and O–H groups in total. The number of hydrogen-bond acceptors (Lipinski definition) is 5. The molecule has 28 heavy (non-hydrogen) atoms. The van der Waals surface area contributed by atoms with Crippen LogP contribution in [0.15, 0.2) is 21.6 Å². The van der Waals surface area contributed by atoms with E-state index >= 15 is 0 Å². The smallest absolute Gasteiger partial charge is 0.342 e. The second-order valence-corrected chi connectivity index (χ2v) is 6.37. The molecular formula is C14H14Br2F4N4O4. The van der Waals surface area contributed by atoms with Crippen molar-refractivity contribution in [1.29, 1.82) is 0 Å². The van der Waals surface area contributed by atoms with Gasteiger partial charge in [-0.25, -0.2) is 27.2 Å². The zero-order valence-corrected chi connectivity index (χ0v) is 17.3. The molecule has 2 heterocycles. The molecular weight excluding hydrogens is 524 g/mol. The Balaban J connectivity index is 0.000000283. The first-order chi connectivity index (χ1) is 13.1. The Bertz CT molecular complexity index is 813. The molecule has 0 radical (unpaired) electrons. The number of carboxylic acids is 1. The van der Waals surface area contributed by atoms with Gasteiger partial charge >= 0.3 is 11.9 Å². The first-order valence-corrected chi connectivity index (χ1v) is 9.06. The van der Waals surface area contributed by atoms with E-state index in [-0.39, 0.29) is 26.9 Å². The summed E-state index contributed by atoms with van der Waals surface area (Å²) in [7, 11) is 0. The van der Waals surface area contributed by atoms with Gasteiger partial charge in [0.15, 0.2) is 0 Å². The molecule has 0 aliphatic rings. The van der Waals surface area contributed by atoms with Gasteiger partial charge in [-0.2, -0.15) is 10.2 Å². The normalized spacial score (nSPS) is 10.8. The first kappa shape index (κ1) is 24.1. The monoisotopic (exact) mass is 536 g/mol. The van der Waals surface area contributed by atoms with E-state index in [1.807, 2.05) is 0 Å². The predicted molar refractivity (Wildman–Crippen MR) is 94.8 cm³/mol. The minimum Gasteiger partial charge on any atom is -0.478 e. The van der Waals surface area contributed by atoms with Crippen molar-refractivity contribution in [2.75, 3.05) is 6.61 Å². The molecule has 0 saturated carbocycles. The summed E-state index contributed by atoms with van der Waals surface area (Å²) in [6, 6.07) is 0. The first-order valence-electron chi connectivity index (χ1n) is 7.47. The minimum absolute atomic E-state index is 0.0558. The Morgan fingerprint density at radius 1 is 1.04 bits per heavy atom. The molecule has 14 heteroatoms. The number of aromatic nitrogens is 4. The van der Waals surface area contributed by atoms with Crippen molar-refractivity contribution in [2.24, 2.45) is 0 Å². The van der Waals surface area contributed by atoms with Crippen LogP contribution in [0, 0.1) is 0 Å². The predicted octanol–water partition coefficient (Wildman–Crippen LogP) is 3.70. The molecule has 0 bridgehead atoms. The molecule has 0 atom stereocenters. The summed E-state index contributed by atoms with van der Waals surface area (Å²) in [4.78, 5) is 21.7. The largest absolute Gasteiger partial charge is 0.478 e. The van der Waals surface area contributed by atoms with Gasteiger partial charge in [-0.15, -0.1) is 0 Å². The summed E-state index contributed by atoms with van der Waals surface area (Å²) in [5.41, 5.74) is 0.0261. The number of hydrogen-bond donors (Lipinski definition) is 1. The fourth-order valence-corrected chi connectivity index (χ4v) is 2.76. The average molecular weight is 538 g/mol. The van der Waals surface area contributed by atoms with Gasteiger partial charge in [0.1, 0.15) is 33.4 Å². The molecule has 2 aromatic rings. The third-order valence-electron chi connectivity index (χ3n) is 2.90. The number of rotatable bonds is 7. The van der Waals surface area contributed by atoms with Crippen LogP contribution in [0.1, 0.15) is 27.6 Å². The van der Waals surface area contributed by atoms with Crippen molar-refractivity contribution in [1.82, 2.24) is 19.6 Å². The summed E-state index contributed by atoms with van der Waals surface area (Å²) in [5, 5.41) is 15.7. The van der Waals surface area contributed by atoms with Crippen LogP contribution in [-0.2, 0) is 17.8 Å². The molecule has 0 fully saturated rings. The highest BCUT2D eigenvalue weighted by atomic mass is 79.9. The van der Waals surface area contributed by atoms with Crippen LogP contribution >= 0.6 is 31.9 Å². The molecule has 2 aromatic heterocycles. The van der Waals surface area contributed by atoms with Gasteiger partial charge in [-0.1, -0.05) is 0 Å². The number of esters is 1. The lowest BCUT2D eigenvalue weighted by Gasteiger charge is -2.02. The number of nitrogens with zero attached hydrogens (tertiary/aromatic N) is 4. The van der Waals surface area contributed by atoms with Crippen molar-refractivity contribution >= 4 is 43.8 Å². The quantitative estimate of drug-likeness (QED) is 0.427. The van der Waals surface area contributed by atoms with E-state index in [1.165, 1.54) is 6.20 Å². The Morgan fingerprint density at radius 3 is 1.82 bits per heavy atom. The summed E-state index contributed by atoms with van der Waals surface area (Å²) in [6.07, 6.45) is -2.85. The zero-order chi connectivity index (χ0) is 21.4. The van der Waals surface area contributed by atoms with Crippen LogP contribution in [0.25, 0.3) is 0 Å². The fraction of sp³-hybridized carbons (Fsp3) is 0.429. The van der Waals surface area contributed by atoms with Crippen LogP contribution in [0.5, 0.6) is 0 Å². The van der Waals surface area contributed by atoms with Crippen LogP contribution < -0.4 is 0 Å². The molecule has 0 amide bonds. The number of carbonyl (C=O) groups is 2. The molecule has 0 aliphatic heterocycles. The van der Waals surface area contributed by atoms with Gasteiger partial charge in [-0.05, 0) is 38.8 Å². The topological polar surface area (TPSA) is 99.2 Å². The fourth-order valence-electron chi connectivity index (χ4n) is 1.75. The van der Waals surface area contributed by atoms with Crippen molar-refractivity contribution < 1.29 is 37.0 Å². The van der Waals surface area contributed by atoms with Gasteiger partial charge in [0.05, 0.1) is 19.0 Å². The Labute approximate surface area is 172 Å². The SMILES string of the molecule is CCOC(=O)c1cnn(CC(F)F)c1Br.O=C(O)c1cnn(CC(F)F)c1Br. The van der Waals surface area contributed by atoms with E-state index in [1.54, 1.807) is 6.92 Å². The van der Waals surface area contributed by atoms with Crippen LogP contribution in [0.4, 0.5) is 17.6 Å². The minimum atomic E-state index is -2.56. The third-order valence-corrected chi connectivity index (χ3v) is 4.57. The Hall–Kier alpha value is -1.96. The molecule has 0 aliphatic carbocycles. The van der Waals surface area contributed by atoms with Crippen LogP contribution in [0.2, 0.25) is 0 Å². The average Bonchev–Trinajstić information content (AvgIpc) is 3.11. The number of alkyl halides is 4. The molecule has 0 spiro atoms. The lowest BCUT2D eigenvalue weighted by molar-refractivity contribution is 0.0523. The molecule has 2 rings (SSSR count). The van der Waals surface area contributed by atoms with E-state index in [9.17, 15) is 27.2 Å². The van der Waals surface area contributed by atoms with E-state index in [2.05, 4.69) is 42.1 Å². The summed E-state index contributed by atoms with van der Waals surface area (Å²) in [5.74, 6) is -1.78. The Morgan fingerprint density at radius 2 is 1.46 bits per heavy atom. The molecule has 0 saturated heterocycles. The molecule has 8 nitrogen and oxygen atoms in total. The van der Waals surface area contributed by atoms with Gasteiger partial charge < -0.3 is 9.84 Å². The summed E-state index contributed by atoms with van der Waals surface area (Å²) < 4.78 is 54.8. The van der Waals surface area contributed by atoms with E-state index in [4.69, 9.17) is 9.84 Å². The van der Waals surface area contributed by atoms with E-state index < -0.39 is 37.9 Å². The lowest BCUT2D eigenvalue weighted by Crippen LogP contribution is -2.09. The van der Waals surface area contributed by atoms with Gasteiger partial charge in [-0.3, -0.25) is 9.36 Å². The van der Waals surface area contributed by atoms with Gasteiger partial charge in [0, 0.05) is 0 Å². The molecule has 0 unspecified atom stereocenters. The van der Waals surface area contributed by atoms with Crippen molar-refractivity contribution in [3.05, 3.63) is 32.7 Å². The number of aromatic carboxylic acids is 1. The number of halogens is 6. The highest BCUT2D eigenvalue weighted by Gasteiger charge is 2.18. The maximum absolute atomic E-state index is 12.1. The number of ether oxygens (including phenoxy) is 1. The number of carbonyl (C=O) groups excluding carboxylic acids is 1. The highest BCUT2D eigenvalue weighted by molar-refractivity contribution is 9.10. The molecule has 156 valence electrons. The van der Waals surface area contributed by atoms with Gasteiger partial charge in [0.25, 0.3) is 12.9 Å². The van der Waals surface area contributed by atoms with Crippen LogP contribution in [-0.4, -0.2) is 56.1 Å². The van der Waals surface area contributed by atoms with Crippen molar-refractivity contribution in [3.8, 4) is 0 Å². The van der Waals surface area contributed by atoms with Gasteiger partial charge in [0.2, 0.25) is 0 Å². The standard InChI is InChI=1S/C8H9BrF2N2O2.C6H5BrF2N2O2/c1-2-15-8(14)5-3-12-13(7(5)9)4-6(10)11;7-5-3(6(12)13)1-10-11(5)2-4(8)9/h3,6H,2,4H2,1H3;1,4H,2H2,(H,12,13). The third kappa shape index (κ3) is 6.89. The van der Waals surface area contributed by atoms with Crippen molar-refractivity contribution in [3.63, 3.8) is 0 Å². The van der Waals surface area contributed by atoms with Crippen LogP contribution in [0.3, 0.4) is 0 Å². The summed E-state index contributed by atoms with van der Waals surface area (Å²) >= 11 is 5.88. The maximum Gasteiger partial charge on any atom is 0.342 e. The lowest BCUT2D eigenvalue weighted by atomic mass is 10.4. The maximum atomic E-state index is 12.1. The van der Waals surface area contributed by atoms with Crippen molar-refractivity contribution in [2.45, 2.75) is 32.9 Å². The zero-order valence-electron chi connectivity index (χ0n) is 14.2. The van der Waals surface area contributed by atoms with E-state index in [0.29, 0.717) is 0 Å². The Kier molecular flexibility index (Phi) is 9.58. The number of carboxylic acid groups (broad SMARTS) is 1. The second kappa shape index (κ2) is 11.1. The van der Waals surface area contributed by atoms with E-state index in [0.717, 1.165) is 15.6 Å².